The van der Waals surface area contributed by atoms with Crippen LogP contribution in [0.4, 0.5) is 0 Å². The molecule has 4 nitrogen and oxygen atoms in total. The lowest BCUT2D eigenvalue weighted by molar-refractivity contribution is 0.0911. The molecule has 1 heterocycles. The highest BCUT2D eigenvalue weighted by atomic mass is 16.5. The van der Waals surface area contributed by atoms with Crippen LogP contribution in [0.15, 0.2) is 35.3 Å². The Bertz CT molecular complexity index is 378. The van der Waals surface area contributed by atoms with Crippen LogP contribution in [0.3, 0.4) is 0 Å². The first-order chi connectivity index (χ1) is 8.29. The molecule has 0 bridgehead atoms. The van der Waals surface area contributed by atoms with Crippen LogP contribution in [0.25, 0.3) is 0 Å². The van der Waals surface area contributed by atoms with Gasteiger partial charge in [-0.1, -0.05) is 30.3 Å². The molecule has 1 aromatic rings. The summed E-state index contributed by atoms with van der Waals surface area (Å²) in [5, 5.41) is 0. The highest BCUT2D eigenvalue weighted by molar-refractivity contribution is 5.72. The number of benzene rings is 1. The third kappa shape index (κ3) is 3.20. The number of amidine groups is 1. The maximum Gasteiger partial charge on any atom is 0.282 e. The Labute approximate surface area is 101 Å². The van der Waals surface area contributed by atoms with Crippen molar-refractivity contribution in [3.63, 3.8) is 0 Å². The minimum atomic E-state index is 0.119. The van der Waals surface area contributed by atoms with Crippen LogP contribution in [0.2, 0.25) is 0 Å². The predicted molar refractivity (Wildman–Crippen MR) is 66.8 cm³/mol. The standard InChI is InChI=1S/C13H18N2O2/c1-16-12(10-5-3-2-4-6-10)8-7-11-9-17-13(14)15-11/h2-6,11-12H,7-9H2,1H3,(H2,14,15)/t11-,12-/m0/s1. The van der Waals surface area contributed by atoms with Crippen LogP contribution < -0.4 is 5.73 Å². The molecule has 92 valence electrons. The molecule has 0 saturated carbocycles. The zero-order valence-corrected chi connectivity index (χ0v) is 10.0. The van der Waals surface area contributed by atoms with Gasteiger partial charge in [0.2, 0.25) is 0 Å². The topological polar surface area (TPSA) is 56.8 Å². The largest absolute Gasteiger partial charge is 0.463 e. The number of ether oxygens (including phenoxy) is 2. The molecular formula is C13H18N2O2. The number of rotatable bonds is 5. The van der Waals surface area contributed by atoms with E-state index in [9.17, 15) is 0 Å². The lowest BCUT2D eigenvalue weighted by Crippen LogP contribution is -2.11. The molecule has 0 spiro atoms. The number of hydrogen-bond donors (Lipinski definition) is 1. The molecule has 1 aliphatic rings. The second kappa shape index (κ2) is 5.68. The van der Waals surface area contributed by atoms with Gasteiger partial charge < -0.3 is 15.2 Å². The Morgan fingerprint density at radius 3 is 2.82 bits per heavy atom. The smallest absolute Gasteiger partial charge is 0.282 e. The van der Waals surface area contributed by atoms with Crippen molar-refractivity contribution < 1.29 is 9.47 Å². The summed E-state index contributed by atoms with van der Waals surface area (Å²) in [7, 11) is 1.74. The van der Waals surface area contributed by atoms with Gasteiger partial charge >= 0.3 is 0 Å². The summed E-state index contributed by atoms with van der Waals surface area (Å²) in [5.41, 5.74) is 6.67. The molecule has 0 fully saturated rings. The van der Waals surface area contributed by atoms with E-state index < -0.39 is 0 Å². The second-order valence-corrected chi connectivity index (χ2v) is 4.14. The molecule has 0 radical (unpaired) electrons. The zero-order valence-electron chi connectivity index (χ0n) is 10.0. The molecule has 0 saturated heterocycles. The summed E-state index contributed by atoms with van der Waals surface area (Å²) in [6, 6.07) is 10.7. The lowest BCUT2D eigenvalue weighted by atomic mass is 10.0. The molecule has 2 rings (SSSR count). The van der Waals surface area contributed by atoms with Gasteiger partial charge in [-0.25, -0.2) is 4.99 Å². The lowest BCUT2D eigenvalue weighted by Gasteiger charge is -2.16. The van der Waals surface area contributed by atoms with E-state index in [2.05, 4.69) is 17.1 Å². The first-order valence-electron chi connectivity index (χ1n) is 5.83. The van der Waals surface area contributed by atoms with Crippen LogP contribution in [-0.4, -0.2) is 25.8 Å². The third-order valence-electron chi connectivity index (χ3n) is 2.95. The minimum Gasteiger partial charge on any atom is -0.463 e. The van der Waals surface area contributed by atoms with Gasteiger partial charge in [-0.3, -0.25) is 0 Å². The average molecular weight is 234 g/mol. The summed E-state index contributed by atoms with van der Waals surface area (Å²) >= 11 is 0. The molecule has 2 N–H and O–H groups in total. The van der Waals surface area contributed by atoms with Crippen LogP contribution in [0.1, 0.15) is 24.5 Å². The monoisotopic (exact) mass is 234 g/mol. The van der Waals surface area contributed by atoms with Crippen LogP contribution in [0.5, 0.6) is 0 Å². The van der Waals surface area contributed by atoms with Crippen molar-refractivity contribution in [2.75, 3.05) is 13.7 Å². The SMILES string of the molecule is CO[C@@H](CC[C@H]1COC(N)=N1)c1ccccc1. The molecule has 0 aromatic heterocycles. The molecule has 1 aliphatic heterocycles. The van der Waals surface area contributed by atoms with Gasteiger partial charge in [-0.05, 0) is 18.4 Å². The third-order valence-corrected chi connectivity index (χ3v) is 2.95. The molecule has 4 heteroatoms. The number of methoxy groups -OCH3 is 1. The number of nitrogens with two attached hydrogens (primary N) is 1. The van der Waals surface area contributed by atoms with E-state index in [4.69, 9.17) is 15.2 Å². The fourth-order valence-corrected chi connectivity index (χ4v) is 2.02. The normalized spacial score (nSPS) is 20.8. The Balaban J connectivity index is 1.88. The first kappa shape index (κ1) is 11.9. The van der Waals surface area contributed by atoms with Crippen molar-refractivity contribution in [2.45, 2.75) is 25.0 Å². The zero-order chi connectivity index (χ0) is 12.1. The number of hydrogen-bond acceptors (Lipinski definition) is 4. The average Bonchev–Trinajstić information content (AvgIpc) is 2.77. The van der Waals surface area contributed by atoms with Gasteiger partial charge in [0.05, 0.1) is 12.1 Å². The maximum absolute atomic E-state index is 5.50. The van der Waals surface area contributed by atoms with Gasteiger partial charge in [0.15, 0.2) is 0 Å². The van der Waals surface area contributed by atoms with Crippen molar-refractivity contribution in [2.24, 2.45) is 10.7 Å². The Morgan fingerprint density at radius 1 is 1.47 bits per heavy atom. The van der Waals surface area contributed by atoms with E-state index in [1.807, 2.05) is 18.2 Å². The van der Waals surface area contributed by atoms with Gasteiger partial charge in [-0.2, -0.15) is 0 Å². The molecule has 1 aromatic carbocycles. The maximum atomic E-state index is 5.50. The van der Waals surface area contributed by atoms with E-state index in [-0.39, 0.29) is 12.1 Å². The van der Waals surface area contributed by atoms with E-state index >= 15 is 0 Å². The van der Waals surface area contributed by atoms with E-state index in [0.29, 0.717) is 12.6 Å². The quantitative estimate of drug-likeness (QED) is 0.846. The van der Waals surface area contributed by atoms with E-state index in [1.54, 1.807) is 7.11 Å². The summed E-state index contributed by atoms with van der Waals surface area (Å²) < 4.78 is 10.6. The number of nitrogens with zero attached hydrogens (tertiary/aromatic N) is 1. The number of aliphatic imine (C=N–C) groups is 1. The Hall–Kier alpha value is -1.55. The summed E-state index contributed by atoms with van der Waals surface area (Å²) in [6.07, 6.45) is 1.97. The molecule has 0 unspecified atom stereocenters. The summed E-state index contributed by atoms with van der Waals surface area (Å²) in [4.78, 5) is 4.21. The Kier molecular flexibility index (Phi) is 3.98. The van der Waals surface area contributed by atoms with Crippen LogP contribution in [-0.2, 0) is 9.47 Å². The fourth-order valence-electron chi connectivity index (χ4n) is 2.02. The minimum absolute atomic E-state index is 0.119. The van der Waals surface area contributed by atoms with Crippen molar-refractivity contribution in [1.82, 2.24) is 0 Å². The van der Waals surface area contributed by atoms with Gasteiger partial charge in [0.1, 0.15) is 6.61 Å². The van der Waals surface area contributed by atoms with Crippen LogP contribution in [0, 0.1) is 0 Å². The second-order valence-electron chi connectivity index (χ2n) is 4.14. The van der Waals surface area contributed by atoms with Crippen molar-refractivity contribution in [1.29, 1.82) is 0 Å². The van der Waals surface area contributed by atoms with E-state index in [1.165, 1.54) is 5.56 Å². The highest BCUT2D eigenvalue weighted by Crippen LogP contribution is 2.23. The summed E-state index contributed by atoms with van der Waals surface area (Å²) in [5.74, 6) is 0. The van der Waals surface area contributed by atoms with Crippen LogP contribution >= 0.6 is 0 Å². The van der Waals surface area contributed by atoms with Gasteiger partial charge in [-0.15, -0.1) is 0 Å². The van der Waals surface area contributed by atoms with Crippen molar-refractivity contribution >= 4 is 6.02 Å². The van der Waals surface area contributed by atoms with Gasteiger partial charge in [0, 0.05) is 7.11 Å². The Morgan fingerprint density at radius 2 is 2.24 bits per heavy atom. The fraction of sp³-hybridized carbons (Fsp3) is 0.462. The van der Waals surface area contributed by atoms with Crippen molar-refractivity contribution in [3.05, 3.63) is 35.9 Å². The predicted octanol–water partition coefficient (Wildman–Crippen LogP) is 1.87. The molecular weight excluding hydrogens is 216 g/mol. The first-order valence-corrected chi connectivity index (χ1v) is 5.83. The summed E-state index contributed by atoms with van der Waals surface area (Å²) in [6.45, 7) is 0.594. The molecule has 2 atom stereocenters. The molecule has 0 amide bonds. The molecule has 17 heavy (non-hydrogen) atoms. The van der Waals surface area contributed by atoms with Gasteiger partial charge in [0.25, 0.3) is 6.02 Å². The van der Waals surface area contributed by atoms with E-state index in [0.717, 1.165) is 12.8 Å². The van der Waals surface area contributed by atoms with Crippen molar-refractivity contribution in [3.8, 4) is 0 Å². The molecule has 0 aliphatic carbocycles. The highest BCUT2D eigenvalue weighted by Gasteiger charge is 2.19.